The Balaban J connectivity index is 1.79. The van der Waals surface area contributed by atoms with Crippen LogP contribution in [0.2, 0.25) is 0 Å². The van der Waals surface area contributed by atoms with E-state index in [0.717, 1.165) is 6.67 Å². The topological polar surface area (TPSA) is 6.48 Å². The van der Waals surface area contributed by atoms with Crippen molar-refractivity contribution in [3.05, 3.63) is 93.8 Å². The van der Waals surface area contributed by atoms with Crippen LogP contribution in [0, 0.1) is 20.8 Å². The lowest BCUT2D eigenvalue weighted by molar-refractivity contribution is 0.541. The Morgan fingerprint density at radius 1 is 0.867 bits per heavy atom. The predicted octanol–water partition coefficient (Wildman–Crippen LogP) is 7.39. The van der Waals surface area contributed by atoms with Crippen LogP contribution in [0.1, 0.15) is 72.9 Å². The highest BCUT2D eigenvalue weighted by Gasteiger charge is 2.30. The molecule has 2 aromatic rings. The molecule has 0 saturated heterocycles. The van der Waals surface area contributed by atoms with E-state index >= 15 is 0 Å². The Morgan fingerprint density at radius 2 is 1.47 bits per heavy atom. The molecule has 0 saturated carbocycles. The minimum absolute atomic E-state index is 0.484. The first-order valence-corrected chi connectivity index (χ1v) is 11.1. The molecule has 156 valence electrons. The van der Waals surface area contributed by atoms with Crippen LogP contribution in [0.4, 0.5) is 5.69 Å². The van der Waals surface area contributed by atoms with Crippen molar-refractivity contribution in [1.82, 2.24) is 4.90 Å². The van der Waals surface area contributed by atoms with Gasteiger partial charge in [0, 0.05) is 17.5 Å². The van der Waals surface area contributed by atoms with Crippen LogP contribution in [0.3, 0.4) is 0 Å². The Hall–Kier alpha value is -2.74. The van der Waals surface area contributed by atoms with Crippen molar-refractivity contribution in [1.29, 1.82) is 0 Å². The molecule has 30 heavy (non-hydrogen) atoms. The molecule has 0 atom stereocenters. The van der Waals surface area contributed by atoms with Gasteiger partial charge in [0.05, 0.1) is 18.1 Å². The van der Waals surface area contributed by atoms with Gasteiger partial charge in [-0.25, -0.2) is 0 Å². The third-order valence-electron chi connectivity index (χ3n) is 6.26. The Labute approximate surface area is 182 Å². The third-order valence-corrected chi connectivity index (χ3v) is 6.26. The molecule has 0 fully saturated rings. The Morgan fingerprint density at radius 3 is 2.03 bits per heavy atom. The Kier molecular flexibility index (Phi) is 5.36. The molecule has 2 nitrogen and oxygen atoms in total. The summed E-state index contributed by atoms with van der Waals surface area (Å²) in [4.78, 5) is 4.89. The van der Waals surface area contributed by atoms with Gasteiger partial charge in [-0.1, -0.05) is 69.7 Å². The first-order valence-electron chi connectivity index (χ1n) is 11.1. The highest BCUT2D eigenvalue weighted by molar-refractivity contribution is 5.77. The molecular formula is C28H34N2. The van der Waals surface area contributed by atoms with Gasteiger partial charge < -0.3 is 9.80 Å². The van der Waals surface area contributed by atoms with E-state index in [1.54, 1.807) is 0 Å². The number of rotatable bonds is 4. The van der Waals surface area contributed by atoms with E-state index in [1.165, 1.54) is 50.5 Å². The van der Waals surface area contributed by atoms with Gasteiger partial charge in [-0.15, -0.1) is 0 Å². The molecule has 2 aromatic carbocycles. The molecule has 0 aliphatic carbocycles. The smallest absolute Gasteiger partial charge is 0.0995 e. The van der Waals surface area contributed by atoms with E-state index in [4.69, 9.17) is 0 Å². The summed E-state index contributed by atoms with van der Waals surface area (Å²) in [6.45, 7) is 16.7. The summed E-state index contributed by atoms with van der Waals surface area (Å²) in [7, 11) is 0. The lowest BCUT2D eigenvalue weighted by Gasteiger charge is -2.32. The van der Waals surface area contributed by atoms with Gasteiger partial charge in [0.25, 0.3) is 0 Å². The largest absolute Gasteiger partial charge is 0.327 e. The molecule has 2 heterocycles. The molecule has 0 amide bonds. The zero-order valence-corrected chi connectivity index (χ0v) is 19.5. The van der Waals surface area contributed by atoms with Crippen LogP contribution >= 0.6 is 0 Å². The van der Waals surface area contributed by atoms with E-state index in [2.05, 4.69) is 113 Å². The van der Waals surface area contributed by atoms with Gasteiger partial charge in [-0.3, -0.25) is 0 Å². The van der Waals surface area contributed by atoms with Crippen LogP contribution < -0.4 is 4.90 Å². The zero-order chi connectivity index (χ0) is 21.6. The van der Waals surface area contributed by atoms with Gasteiger partial charge in [-0.05, 0) is 67.0 Å². The fourth-order valence-corrected chi connectivity index (χ4v) is 5.01. The maximum absolute atomic E-state index is 2.48. The van der Waals surface area contributed by atoms with Gasteiger partial charge in [0.15, 0.2) is 0 Å². The molecule has 2 aliphatic rings. The van der Waals surface area contributed by atoms with Crippen molar-refractivity contribution in [2.75, 3.05) is 11.6 Å². The van der Waals surface area contributed by atoms with Crippen LogP contribution in [-0.4, -0.2) is 11.6 Å². The lowest BCUT2D eigenvalue weighted by atomic mass is 9.86. The molecule has 0 bridgehead atoms. The number of aryl methyl sites for hydroxylation is 3. The van der Waals surface area contributed by atoms with Gasteiger partial charge >= 0.3 is 0 Å². The zero-order valence-electron chi connectivity index (χ0n) is 19.5. The standard InChI is InChI=1S/C28H34N2/c1-18(2)24-11-9-12-25(19(3)4)27(24)26-13-8-10-23-16-29(17-30(23)26)28-21(6)14-20(5)15-22(28)7/h8-16,18-19H,17H2,1-7H3. The second kappa shape index (κ2) is 7.83. The van der Waals surface area contributed by atoms with Gasteiger partial charge in [0.2, 0.25) is 0 Å². The quantitative estimate of drug-likeness (QED) is 0.530. The number of allylic oxidation sites excluding steroid dienone is 3. The average Bonchev–Trinajstić information content (AvgIpc) is 3.10. The monoisotopic (exact) mass is 398 g/mol. The third kappa shape index (κ3) is 3.49. The number of nitrogens with zero attached hydrogens (tertiary/aromatic N) is 2. The summed E-state index contributed by atoms with van der Waals surface area (Å²) >= 11 is 0. The van der Waals surface area contributed by atoms with Crippen molar-refractivity contribution >= 4 is 11.4 Å². The molecule has 2 aliphatic heterocycles. The van der Waals surface area contributed by atoms with Crippen molar-refractivity contribution < 1.29 is 0 Å². The maximum Gasteiger partial charge on any atom is 0.0995 e. The molecule has 4 rings (SSSR count). The summed E-state index contributed by atoms with van der Waals surface area (Å²) in [5, 5.41) is 0. The summed E-state index contributed by atoms with van der Waals surface area (Å²) in [6.07, 6.45) is 9.04. The first kappa shape index (κ1) is 20.5. The molecular weight excluding hydrogens is 364 g/mol. The predicted molar refractivity (Wildman–Crippen MR) is 130 cm³/mol. The van der Waals surface area contributed by atoms with Crippen molar-refractivity contribution in [2.45, 2.75) is 60.3 Å². The highest BCUT2D eigenvalue weighted by atomic mass is 15.4. The van der Waals surface area contributed by atoms with E-state index in [-0.39, 0.29) is 0 Å². The second-order valence-electron chi connectivity index (χ2n) is 9.37. The summed E-state index contributed by atoms with van der Waals surface area (Å²) < 4.78 is 0. The molecule has 0 unspecified atom stereocenters. The fraction of sp³-hybridized carbons (Fsp3) is 0.357. The number of fused-ring (bicyclic) bond motifs is 1. The van der Waals surface area contributed by atoms with Crippen molar-refractivity contribution in [2.24, 2.45) is 0 Å². The van der Waals surface area contributed by atoms with E-state index < -0.39 is 0 Å². The van der Waals surface area contributed by atoms with Crippen LogP contribution in [0.25, 0.3) is 5.70 Å². The SMILES string of the molecule is Cc1cc(C)c(N2C=C3C=CC=C(c4c(C(C)C)cccc4C(C)C)N3C2)c(C)c1. The maximum atomic E-state index is 2.48. The van der Waals surface area contributed by atoms with Crippen LogP contribution in [-0.2, 0) is 0 Å². The molecule has 0 N–H and O–H groups in total. The molecule has 0 radical (unpaired) electrons. The average molecular weight is 399 g/mol. The van der Waals surface area contributed by atoms with E-state index in [0.29, 0.717) is 11.8 Å². The van der Waals surface area contributed by atoms with Crippen molar-refractivity contribution in [3.8, 4) is 0 Å². The van der Waals surface area contributed by atoms with E-state index in [9.17, 15) is 0 Å². The van der Waals surface area contributed by atoms with Crippen molar-refractivity contribution in [3.63, 3.8) is 0 Å². The first-order chi connectivity index (χ1) is 14.3. The normalized spacial score (nSPS) is 15.8. The van der Waals surface area contributed by atoms with Crippen LogP contribution in [0.5, 0.6) is 0 Å². The lowest BCUT2D eigenvalue weighted by Crippen LogP contribution is -2.28. The Bertz CT molecular complexity index is 1020. The number of benzene rings is 2. The molecule has 2 heteroatoms. The molecule has 0 spiro atoms. The van der Waals surface area contributed by atoms with Gasteiger partial charge in [-0.2, -0.15) is 0 Å². The van der Waals surface area contributed by atoms with E-state index in [1.807, 2.05) is 0 Å². The minimum Gasteiger partial charge on any atom is -0.327 e. The summed E-state index contributed by atoms with van der Waals surface area (Å²) in [5.74, 6) is 0.969. The number of hydrogen-bond acceptors (Lipinski definition) is 2. The highest BCUT2D eigenvalue weighted by Crippen LogP contribution is 2.41. The fourth-order valence-electron chi connectivity index (χ4n) is 5.01. The second-order valence-corrected chi connectivity index (χ2v) is 9.37. The van der Waals surface area contributed by atoms with Gasteiger partial charge in [0.1, 0.15) is 0 Å². The molecule has 0 aromatic heterocycles. The minimum atomic E-state index is 0.484. The summed E-state index contributed by atoms with van der Waals surface area (Å²) in [6, 6.07) is 11.4. The number of anilines is 1. The number of hydrogen-bond donors (Lipinski definition) is 0. The van der Waals surface area contributed by atoms with Crippen LogP contribution in [0.15, 0.2) is 60.5 Å². The summed E-state index contributed by atoms with van der Waals surface area (Å²) in [5.41, 5.74) is 12.2.